The maximum Gasteiger partial charge on any atom is 0.228 e. The lowest BCUT2D eigenvalue weighted by molar-refractivity contribution is -0.119. The SMILES string of the molecule is Cc1ccc2sc(N(CC3CCCO3)C(=O)CCCSc3ccccc3)nc2c1C. The molecule has 1 unspecified atom stereocenters. The number of benzene rings is 2. The number of carbonyl (C=O) groups excluding carboxylic acids is 1. The van der Waals surface area contributed by atoms with Crippen molar-refractivity contribution in [2.45, 2.75) is 50.5 Å². The zero-order chi connectivity index (χ0) is 20.9. The Hall–Kier alpha value is -1.89. The summed E-state index contributed by atoms with van der Waals surface area (Å²) in [7, 11) is 0. The van der Waals surface area contributed by atoms with Crippen molar-refractivity contribution in [3.63, 3.8) is 0 Å². The summed E-state index contributed by atoms with van der Waals surface area (Å²) in [4.78, 5) is 21.2. The van der Waals surface area contributed by atoms with Gasteiger partial charge in [0.1, 0.15) is 0 Å². The van der Waals surface area contributed by atoms with Crippen LogP contribution in [0.5, 0.6) is 0 Å². The van der Waals surface area contributed by atoms with Gasteiger partial charge in [-0.2, -0.15) is 0 Å². The van der Waals surface area contributed by atoms with Crippen LogP contribution in [0.4, 0.5) is 5.13 Å². The minimum absolute atomic E-state index is 0.113. The highest BCUT2D eigenvalue weighted by atomic mass is 32.2. The molecule has 1 aromatic heterocycles. The summed E-state index contributed by atoms with van der Waals surface area (Å²) in [6, 6.07) is 14.6. The maximum absolute atomic E-state index is 13.2. The third-order valence-electron chi connectivity index (χ3n) is 5.56. The number of rotatable bonds is 8. The Morgan fingerprint density at radius 2 is 2.07 bits per heavy atom. The molecule has 1 saturated heterocycles. The third kappa shape index (κ3) is 5.05. The van der Waals surface area contributed by atoms with Gasteiger partial charge in [-0.15, -0.1) is 11.8 Å². The second-order valence-electron chi connectivity index (χ2n) is 7.76. The van der Waals surface area contributed by atoms with E-state index in [1.54, 1.807) is 23.1 Å². The Morgan fingerprint density at radius 1 is 1.23 bits per heavy atom. The van der Waals surface area contributed by atoms with Crippen molar-refractivity contribution in [3.8, 4) is 0 Å². The van der Waals surface area contributed by atoms with Crippen LogP contribution in [0.15, 0.2) is 47.4 Å². The highest BCUT2D eigenvalue weighted by Gasteiger charge is 2.26. The summed E-state index contributed by atoms with van der Waals surface area (Å²) < 4.78 is 6.97. The molecular formula is C24H28N2O2S2. The van der Waals surface area contributed by atoms with E-state index in [9.17, 15) is 4.79 Å². The van der Waals surface area contributed by atoms with Crippen LogP contribution in [-0.2, 0) is 9.53 Å². The van der Waals surface area contributed by atoms with Crippen LogP contribution in [0.2, 0.25) is 0 Å². The van der Waals surface area contributed by atoms with Gasteiger partial charge >= 0.3 is 0 Å². The topological polar surface area (TPSA) is 42.4 Å². The van der Waals surface area contributed by atoms with Gasteiger partial charge in [-0.05, 0) is 68.2 Å². The number of thiazole rings is 1. The van der Waals surface area contributed by atoms with E-state index >= 15 is 0 Å². The van der Waals surface area contributed by atoms with E-state index in [2.05, 4.69) is 38.1 Å². The van der Waals surface area contributed by atoms with Gasteiger partial charge in [0.15, 0.2) is 5.13 Å². The van der Waals surface area contributed by atoms with E-state index in [1.807, 2.05) is 23.1 Å². The van der Waals surface area contributed by atoms with Crippen molar-refractivity contribution in [2.75, 3.05) is 23.8 Å². The van der Waals surface area contributed by atoms with E-state index < -0.39 is 0 Å². The predicted octanol–water partition coefficient (Wildman–Crippen LogP) is 6.00. The Bertz CT molecular complexity index is 997. The molecule has 0 radical (unpaired) electrons. The fourth-order valence-corrected chi connectivity index (χ4v) is 5.60. The van der Waals surface area contributed by atoms with Crippen LogP contribution < -0.4 is 4.90 Å². The molecule has 1 aliphatic heterocycles. The van der Waals surface area contributed by atoms with E-state index in [-0.39, 0.29) is 12.0 Å². The molecule has 158 valence electrons. The molecule has 4 rings (SSSR count). The van der Waals surface area contributed by atoms with E-state index in [0.29, 0.717) is 13.0 Å². The summed E-state index contributed by atoms with van der Waals surface area (Å²) in [5.41, 5.74) is 3.44. The third-order valence-corrected chi connectivity index (χ3v) is 7.70. The van der Waals surface area contributed by atoms with Crippen LogP contribution in [-0.4, -0.2) is 35.9 Å². The quantitative estimate of drug-likeness (QED) is 0.318. The molecule has 6 heteroatoms. The van der Waals surface area contributed by atoms with Gasteiger partial charge in [0, 0.05) is 17.9 Å². The van der Waals surface area contributed by atoms with Gasteiger partial charge in [0.2, 0.25) is 5.91 Å². The summed E-state index contributed by atoms with van der Waals surface area (Å²) in [5, 5.41) is 0.801. The lowest BCUT2D eigenvalue weighted by atomic mass is 10.1. The van der Waals surface area contributed by atoms with Crippen LogP contribution in [0.1, 0.15) is 36.8 Å². The number of thioether (sulfide) groups is 1. The number of hydrogen-bond donors (Lipinski definition) is 0. The smallest absolute Gasteiger partial charge is 0.228 e. The van der Waals surface area contributed by atoms with Crippen LogP contribution in [0.25, 0.3) is 10.2 Å². The van der Waals surface area contributed by atoms with Gasteiger partial charge < -0.3 is 4.74 Å². The lowest BCUT2D eigenvalue weighted by Gasteiger charge is -2.23. The molecule has 0 aliphatic carbocycles. The highest BCUT2D eigenvalue weighted by Crippen LogP contribution is 2.33. The van der Waals surface area contributed by atoms with Crippen LogP contribution in [0, 0.1) is 13.8 Å². The second kappa shape index (κ2) is 9.94. The first-order chi connectivity index (χ1) is 14.6. The number of fused-ring (bicyclic) bond motifs is 1. The molecule has 2 heterocycles. The van der Waals surface area contributed by atoms with Crippen molar-refractivity contribution < 1.29 is 9.53 Å². The molecule has 3 aromatic rings. The second-order valence-corrected chi connectivity index (χ2v) is 9.93. The number of hydrogen-bond acceptors (Lipinski definition) is 5. The summed E-state index contributed by atoms with van der Waals surface area (Å²) in [6.45, 7) is 5.60. The van der Waals surface area contributed by atoms with Crippen LogP contribution in [0.3, 0.4) is 0 Å². The van der Waals surface area contributed by atoms with E-state index in [0.717, 1.165) is 47.0 Å². The summed E-state index contributed by atoms with van der Waals surface area (Å²) in [5.74, 6) is 1.08. The fourth-order valence-electron chi connectivity index (χ4n) is 3.67. The molecule has 1 aliphatic rings. The number of ether oxygens (including phenoxy) is 1. The van der Waals surface area contributed by atoms with Gasteiger partial charge in [-0.1, -0.05) is 35.6 Å². The average molecular weight is 441 g/mol. The molecule has 1 fully saturated rings. The van der Waals surface area contributed by atoms with Crippen molar-refractivity contribution in [3.05, 3.63) is 53.6 Å². The minimum atomic E-state index is 0.113. The number of aryl methyl sites for hydroxylation is 2. The number of amides is 1. The Balaban J connectivity index is 1.46. The summed E-state index contributed by atoms with van der Waals surface area (Å²) >= 11 is 3.41. The fraction of sp³-hybridized carbons (Fsp3) is 0.417. The van der Waals surface area contributed by atoms with E-state index in [1.165, 1.54) is 16.0 Å². The molecule has 30 heavy (non-hydrogen) atoms. The predicted molar refractivity (Wildman–Crippen MR) is 127 cm³/mol. The van der Waals surface area contributed by atoms with Gasteiger partial charge in [-0.25, -0.2) is 4.98 Å². The first kappa shape index (κ1) is 21.3. The molecular weight excluding hydrogens is 412 g/mol. The molecule has 2 aromatic carbocycles. The van der Waals surface area contributed by atoms with Crippen molar-refractivity contribution in [1.29, 1.82) is 0 Å². The van der Waals surface area contributed by atoms with Gasteiger partial charge in [-0.3, -0.25) is 9.69 Å². The lowest BCUT2D eigenvalue weighted by Crippen LogP contribution is -2.37. The largest absolute Gasteiger partial charge is 0.376 e. The van der Waals surface area contributed by atoms with Crippen molar-refractivity contribution in [2.24, 2.45) is 0 Å². The molecule has 4 nitrogen and oxygen atoms in total. The number of nitrogens with zero attached hydrogens (tertiary/aromatic N) is 2. The minimum Gasteiger partial charge on any atom is -0.376 e. The number of anilines is 1. The van der Waals surface area contributed by atoms with Crippen molar-refractivity contribution >= 4 is 44.4 Å². The first-order valence-corrected chi connectivity index (χ1v) is 12.4. The Labute approximate surface area is 186 Å². The van der Waals surface area contributed by atoms with Crippen molar-refractivity contribution in [1.82, 2.24) is 4.98 Å². The zero-order valence-electron chi connectivity index (χ0n) is 17.6. The first-order valence-electron chi connectivity index (χ1n) is 10.6. The number of aromatic nitrogens is 1. The highest BCUT2D eigenvalue weighted by molar-refractivity contribution is 7.99. The van der Waals surface area contributed by atoms with Gasteiger partial charge in [0.05, 0.1) is 22.9 Å². The standard InChI is InChI=1S/C24H28N2O2S2/c1-17-12-13-21-23(18(17)2)25-24(30-21)26(16-19-8-6-14-28-19)22(27)11-7-15-29-20-9-4-3-5-10-20/h3-5,9-10,12-13,19H,6-8,11,14-16H2,1-2H3. The molecule has 0 N–H and O–H groups in total. The van der Waals surface area contributed by atoms with Crippen LogP contribution >= 0.6 is 23.1 Å². The number of carbonyl (C=O) groups is 1. The maximum atomic E-state index is 13.2. The average Bonchev–Trinajstić information content (AvgIpc) is 3.43. The monoisotopic (exact) mass is 440 g/mol. The Kier molecular flexibility index (Phi) is 7.08. The molecule has 0 bridgehead atoms. The Morgan fingerprint density at radius 3 is 2.83 bits per heavy atom. The molecule has 1 atom stereocenters. The molecule has 0 spiro atoms. The zero-order valence-corrected chi connectivity index (χ0v) is 19.2. The molecule has 0 saturated carbocycles. The van der Waals surface area contributed by atoms with Gasteiger partial charge in [0.25, 0.3) is 0 Å². The normalized spacial score (nSPS) is 16.3. The molecule has 1 amide bonds. The van der Waals surface area contributed by atoms with E-state index in [4.69, 9.17) is 9.72 Å². The summed E-state index contributed by atoms with van der Waals surface area (Å²) in [6.07, 6.45) is 3.57.